The molecule has 4 heterocycles. The quantitative estimate of drug-likeness (QED) is 0.425. The van der Waals surface area contributed by atoms with E-state index in [0.29, 0.717) is 25.7 Å². The third-order valence-corrected chi connectivity index (χ3v) is 12.4. The molecule has 4 rings (SSSR count). The highest BCUT2D eigenvalue weighted by atomic mass is 32.2. The first-order chi connectivity index (χ1) is 16.9. The maximum Gasteiger partial charge on any atom is 0.287 e. The normalized spacial score (nSPS) is 40.2. The van der Waals surface area contributed by atoms with Crippen molar-refractivity contribution in [3.8, 4) is 0 Å². The topological polar surface area (TPSA) is 118 Å². The van der Waals surface area contributed by atoms with Gasteiger partial charge in [-0.05, 0) is 53.4 Å². The van der Waals surface area contributed by atoms with E-state index in [1.54, 1.807) is 0 Å². The van der Waals surface area contributed by atoms with Crippen molar-refractivity contribution in [2.75, 3.05) is 0 Å². The minimum Gasteiger partial charge on any atom is -0.324 e. The van der Waals surface area contributed by atoms with Crippen LogP contribution in [0, 0.1) is 0 Å². The first kappa shape index (κ1) is 28.6. The number of hydrogen-bond donors (Lipinski definition) is 0. The molecule has 0 aliphatic carbocycles. The lowest BCUT2D eigenvalue weighted by Crippen LogP contribution is -2.48. The van der Waals surface area contributed by atoms with Crippen LogP contribution in [0.15, 0.2) is 0 Å². The van der Waals surface area contributed by atoms with Gasteiger partial charge in [-0.1, -0.05) is 27.7 Å². The average Bonchev–Trinajstić information content (AvgIpc) is 3.52. The van der Waals surface area contributed by atoms with Crippen LogP contribution >= 0.6 is 0 Å². The van der Waals surface area contributed by atoms with E-state index < -0.39 is 57.9 Å². The Kier molecular flexibility index (Phi) is 8.16. The van der Waals surface area contributed by atoms with Crippen LogP contribution in [-0.2, 0) is 39.4 Å². The Morgan fingerprint density at radius 1 is 0.500 bits per heavy atom. The second-order valence-corrected chi connectivity index (χ2v) is 13.7. The van der Waals surface area contributed by atoms with Gasteiger partial charge >= 0.3 is 0 Å². The Morgan fingerprint density at radius 2 is 0.694 bits per heavy atom. The van der Waals surface area contributed by atoms with Crippen LogP contribution in [0.5, 0.6) is 0 Å². The SMILES string of the molecule is CC[C@@H](C)N1[C@@H]2OC(C3O[C@@H]4[C@H](O3)N([C@H](C)CC)S(=O)(=O)N4[C@@H](C)CC)O[C@@H]2N([C@H](C)CC)S1(=O)=O. The van der Waals surface area contributed by atoms with Crippen LogP contribution in [-0.4, -0.2) is 95.7 Å². The molecule has 4 aliphatic rings. The number of hydrogen-bond acceptors (Lipinski definition) is 8. The van der Waals surface area contributed by atoms with Gasteiger partial charge in [0.25, 0.3) is 20.4 Å². The van der Waals surface area contributed by atoms with Gasteiger partial charge in [-0.25, -0.2) is 0 Å². The van der Waals surface area contributed by atoms with Gasteiger partial charge in [0.15, 0.2) is 24.9 Å². The number of ether oxygens (including phenoxy) is 4. The molecule has 0 bridgehead atoms. The lowest BCUT2D eigenvalue weighted by atomic mass is 10.2. The molecule has 0 amide bonds. The molecule has 4 aliphatic heterocycles. The van der Waals surface area contributed by atoms with Gasteiger partial charge in [0.1, 0.15) is 0 Å². The van der Waals surface area contributed by atoms with Crippen molar-refractivity contribution < 1.29 is 35.8 Å². The van der Waals surface area contributed by atoms with Gasteiger partial charge in [0.05, 0.1) is 0 Å². The fourth-order valence-electron chi connectivity index (χ4n) is 5.26. The van der Waals surface area contributed by atoms with Crippen LogP contribution in [0.2, 0.25) is 0 Å². The predicted molar refractivity (Wildman–Crippen MR) is 131 cm³/mol. The molecule has 12 nitrogen and oxygen atoms in total. The summed E-state index contributed by atoms with van der Waals surface area (Å²) in [6.07, 6.45) is -3.00. The summed E-state index contributed by atoms with van der Waals surface area (Å²) < 4.78 is 83.9. The summed E-state index contributed by atoms with van der Waals surface area (Å²) in [5.41, 5.74) is 0. The van der Waals surface area contributed by atoms with E-state index in [1.165, 1.54) is 17.2 Å². The van der Waals surface area contributed by atoms with Gasteiger partial charge in [-0.3, -0.25) is 0 Å². The molecule has 0 radical (unpaired) electrons. The fraction of sp³-hybridized carbons (Fsp3) is 1.00. The molecule has 4 saturated heterocycles. The monoisotopic (exact) mass is 554 g/mol. The van der Waals surface area contributed by atoms with Crippen LogP contribution in [0.3, 0.4) is 0 Å². The van der Waals surface area contributed by atoms with Crippen molar-refractivity contribution in [2.24, 2.45) is 0 Å². The molecule has 0 aromatic carbocycles. The largest absolute Gasteiger partial charge is 0.324 e. The second-order valence-electron chi connectivity index (χ2n) is 10.2. The molecule has 210 valence electrons. The highest BCUT2D eigenvalue weighted by Gasteiger charge is 2.65. The summed E-state index contributed by atoms with van der Waals surface area (Å²) in [6, 6.07) is -1.18. The zero-order valence-corrected chi connectivity index (χ0v) is 24.1. The molecule has 0 saturated carbocycles. The minimum atomic E-state index is -3.79. The van der Waals surface area contributed by atoms with Crippen LogP contribution in [0.4, 0.5) is 0 Å². The Balaban J connectivity index is 1.62. The standard InChI is InChI=1S/C22H42N4O8S2/c1-9-13(5)23-17-18(24(14(6)10-2)35(23,27)28)32-21(31-17)22-33-19-20(34-22)26(16(8)12-4)36(29,30)25(19)15(7)11-3/h13-22H,9-12H2,1-8H3/t13-,14-,15-,16+,17-,18+,19+,20-,21?,22?/m1/s1. The number of rotatable bonds is 9. The van der Waals surface area contributed by atoms with Crippen molar-refractivity contribution in [1.82, 2.24) is 17.2 Å². The smallest absolute Gasteiger partial charge is 0.287 e. The van der Waals surface area contributed by atoms with E-state index in [-0.39, 0.29) is 24.2 Å². The molecule has 0 aromatic heterocycles. The molecule has 0 N–H and O–H groups in total. The highest BCUT2D eigenvalue weighted by molar-refractivity contribution is 7.87. The first-order valence-electron chi connectivity index (χ1n) is 13.1. The summed E-state index contributed by atoms with van der Waals surface area (Å²) >= 11 is 0. The van der Waals surface area contributed by atoms with Crippen molar-refractivity contribution >= 4 is 20.4 Å². The van der Waals surface area contributed by atoms with Crippen LogP contribution in [0.25, 0.3) is 0 Å². The van der Waals surface area contributed by atoms with E-state index in [9.17, 15) is 16.8 Å². The van der Waals surface area contributed by atoms with Gasteiger partial charge in [0, 0.05) is 24.2 Å². The third kappa shape index (κ3) is 4.25. The highest BCUT2D eigenvalue weighted by Crippen LogP contribution is 2.45. The van der Waals surface area contributed by atoms with Crippen molar-refractivity contribution in [1.29, 1.82) is 0 Å². The molecule has 14 heteroatoms. The molecule has 10 atom stereocenters. The number of fused-ring (bicyclic) bond motifs is 2. The van der Waals surface area contributed by atoms with Gasteiger partial charge in [0.2, 0.25) is 12.6 Å². The zero-order valence-electron chi connectivity index (χ0n) is 22.5. The van der Waals surface area contributed by atoms with Gasteiger partial charge in [-0.2, -0.15) is 34.1 Å². The minimum absolute atomic E-state index is 0.296. The maximum absolute atomic E-state index is 13.4. The summed E-state index contributed by atoms with van der Waals surface area (Å²) in [6.45, 7) is 15.1. The third-order valence-electron chi connectivity index (χ3n) is 7.97. The summed E-state index contributed by atoms with van der Waals surface area (Å²) in [5.74, 6) is 0. The zero-order chi connectivity index (χ0) is 26.7. The summed E-state index contributed by atoms with van der Waals surface area (Å²) in [4.78, 5) is 0. The summed E-state index contributed by atoms with van der Waals surface area (Å²) in [7, 11) is -7.59. The molecule has 4 fully saturated rings. The number of nitrogens with zero attached hydrogens (tertiary/aromatic N) is 4. The van der Waals surface area contributed by atoms with Crippen molar-refractivity contribution in [2.45, 2.75) is 143 Å². The van der Waals surface area contributed by atoms with Gasteiger partial charge < -0.3 is 18.9 Å². The first-order valence-corrected chi connectivity index (χ1v) is 15.9. The van der Waals surface area contributed by atoms with E-state index in [4.69, 9.17) is 18.9 Å². The second kappa shape index (κ2) is 10.3. The van der Waals surface area contributed by atoms with Crippen molar-refractivity contribution in [3.63, 3.8) is 0 Å². The van der Waals surface area contributed by atoms with Gasteiger partial charge in [-0.15, -0.1) is 0 Å². The molecule has 2 unspecified atom stereocenters. The average molecular weight is 555 g/mol. The lowest BCUT2D eigenvalue weighted by Gasteiger charge is -2.32. The Labute approximate surface area is 216 Å². The van der Waals surface area contributed by atoms with E-state index in [0.717, 1.165) is 0 Å². The Hall–Kier alpha value is -0.420. The van der Waals surface area contributed by atoms with Crippen molar-refractivity contribution in [3.05, 3.63) is 0 Å². The predicted octanol–water partition coefficient (Wildman–Crippen LogP) is 1.96. The molecule has 0 aromatic rings. The molecular formula is C22H42N4O8S2. The molecule has 0 spiro atoms. The van der Waals surface area contributed by atoms with Crippen LogP contribution < -0.4 is 0 Å². The van der Waals surface area contributed by atoms with E-state index in [1.807, 2.05) is 55.4 Å². The fourth-order valence-corrected chi connectivity index (χ4v) is 9.77. The van der Waals surface area contributed by atoms with E-state index in [2.05, 4.69) is 0 Å². The Morgan fingerprint density at radius 3 is 0.861 bits per heavy atom. The Bertz CT molecular complexity index is 870. The molecular weight excluding hydrogens is 512 g/mol. The maximum atomic E-state index is 13.4. The molecule has 36 heavy (non-hydrogen) atoms. The summed E-state index contributed by atoms with van der Waals surface area (Å²) in [5, 5.41) is 0. The van der Waals surface area contributed by atoms with Crippen LogP contribution in [0.1, 0.15) is 81.1 Å². The van der Waals surface area contributed by atoms with E-state index >= 15 is 0 Å². The lowest BCUT2D eigenvalue weighted by molar-refractivity contribution is -0.240.